The van der Waals surface area contributed by atoms with Gasteiger partial charge in [-0.05, 0) is 56.5 Å². The Kier molecular flexibility index (Phi) is 4.93. The van der Waals surface area contributed by atoms with Gasteiger partial charge in [0.2, 0.25) is 0 Å². The number of furan rings is 1. The van der Waals surface area contributed by atoms with Crippen LogP contribution in [0.3, 0.4) is 0 Å². The first kappa shape index (κ1) is 15.9. The molecular weight excluding hydrogens is 288 g/mol. The van der Waals surface area contributed by atoms with Gasteiger partial charge in [0.1, 0.15) is 17.3 Å². The third-order valence-corrected chi connectivity index (χ3v) is 4.07. The Balaban J connectivity index is 2.38. The molecule has 2 aromatic rings. The van der Waals surface area contributed by atoms with E-state index in [4.69, 9.17) is 26.6 Å². The second-order valence-electron chi connectivity index (χ2n) is 5.13. The number of nitrogens with one attached hydrogen (secondary N) is 1. The number of hydrogen-bond acceptors (Lipinski definition) is 4. The summed E-state index contributed by atoms with van der Waals surface area (Å²) in [5.74, 6) is 8.37. The van der Waals surface area contributed by atoms with Crippen molar-refractivity contribution in [1.82, 2.24) is 5.43 Å². The van der Waals surface area contributed by atoms with Crippen molar-refractivity contribution in [3.05, 3.63) is 51.4 Å². The maximum Gasteiger partial charge on any atom is 0.122 e. The molecule has 0 aliphatic rings. The van der Waals surface area contributed by atoms with Crippen molar-refractivity contribution in [3.8, 4) is 5.75 Å². The minimum Gasteiger partial charge on any atom is -0.496 e. The average Bonchev–Trinajstić information content (AvgIpc) is 2.70. The molecule has 0 saturated heterocycles. The second-order valence-corrected chi connectivity index (χ2v) is 5.57. The van der Waals surface area contributed by atoms with Crippen LogP contribution in [-0.2, 0) is 6.42 Å². The number of nitrogens with two attached hydrogens (primary N) is 1. The summed E-state index contributed by atoms with van der Waals surface area (Å²) in [4.78, 5) is 0. The van der Waals surface area contributed by atoms with Crippen LogP contribution < -0.4 is 16.0 Å². The fourth-order valence-corrected chi connectivity index (χ4v) is 2.89. The SMILES string of the molecule is COc1ccc(Cl)cc1CC(NN)c1c(C)oc(C)c1C. The molecule has 1 unspecified atom stereocenters. The molecule has 2 rings (SSSR count). The van der Waals surface area contributed by atoms with Crippen molar-refractivity contribution in [2.45, 2.75) is 33.2 Å². The Bertz CT molecular complexity index is 637. The molecule has 0 fully saturated rings. The van der Waals surface area contributed by atoms with Gasteiger partial charge in [0.15, 0.2) is 0 Å². The number of aryl methyl sites for hydroxylation is 2. The summed E-state index contributed by atoms with van der Waals surface area (Å²) >= 11 is 6.09. The van der Waals surface area contributed by atoms with E-state index in [1.807, 2.05) is 39.0 Å². The molecule has 1 atom stereocenters. The summed E-state index contributed by atoms with van der Waals surface area (Å²) in [6.07, 6.45) is 0.668. The lowest BCUT2D eigenvalue weighted by atomic mass is 9.96. The lowest BCUT2D eigenvalue weighted by Gasteiger charge is -2.18. The second kappa shape index (κ2) is 6.52. The van der Waals surface area contributed by atoms with E-state index in [9.17, 15) is 0 Å². The van der Waals surface area contributed by atoms with Crippen LogP contribution in [0.2, 0.25) is 5.02 Å². The molecule has 21 heavy (non-hydrogen) atoms. The van der Waals surface area contributed by atoms with Crippen LogP contribution >= 0.6 is 11.6 Å². The van der Waals surface area contributed by atoms with Gasteiger partial charge in [-0.1, -0.05) is 11.6 Å². The molecule has 0 spiro atoms. The highest BCUT2D eigenvalue weighted by molar-refractivity contribution is 6.30. The van der Waals surface area contributed by atoms with Crippen molar-refractivity contribution in [3.63, 3.8) is 0 Å². The van der Waals surface area contributed by atoms with Crippen molar-refractivity contribution in [2.75, 3.05) is 7.11 Å². The maximum absolute atomic E-state index is 6.09. The highest BCUT2D eigenvalue weighted by atomic mass is 35.5. The zero-order valence-electron chi connectivity index (χ0n) is 12.8. The van der Waals surface area contributed by atoms with E-state index in [1.165, 1.54) is 0 Å². The maximum atomic E-state index is 6.09. The van der Waals surface area contributed by atoms with E-state index in [0.717, 1.165) is 34.0 Å². The summed E-state index contributed by atoms with van der Waals surface area (Å²) in [6.45, 7) is 5.95. The van der Waals surface area contributed by atoms with Crippen molar-refractivity contribution < 1.29 is 9.15 Å². The first-order valence-electron chi connectivity index (χ1n) is 6.83. The number of benzene rings is 1. The summed E-state index contributed by atoms with van der Waals surface area (Å²) in [5.41, 5.74) is 6.10. The van der Waals surface area contributed by atoms with E-state index in [1.54, 1.807) is 7.11 Å². The third-order valence-electron chi connectivity index (χ3n) is 3.83. The van der Waals surface area contributed by atoms with Crippen LogP contribution in [0.4, 0.5) is 0 Å². The minimum atomic E-state index is -0.0604. The Hall–Kier alpha value is -1.49. The van der Waals surface area contributed by atoms with E-state index in [0.29, 0.717) is 11.4 Å². The molecule has 1 aromatic heterocycles. The summed E-state index contributed by atoms with van der Waals surface area (Å²) in [5, 5.41) is 0.679. The van der Waals surface area contributed by atoms with E-state index in [-0.39, 0.29) is 6.04 Å². The first-order chi connectivity index (χ1) is 9.97. The monoisotopic (exact) mass is 308 g/mol. The lowest BCUT2D eigenvalue weighted by Crippen LogP contribution is -2.30. The number of hydrogen-bond donors (Lipinski definition) is 2. The third kappa shape index (κ3) is 3.23. The fourth-order valence-electron chi connectivity index (χ4n) is 2.69. The number of rotatable bonds is 5. The molecule has 0 bridgehead atoms. The van der Waals surface area contributed by atoms with Crippen molar-refractivity contribution in [1.29, 1.82) is 0 Å². The van der Waals surface area contributed by atoms with Crippen molar-refractivity contribution in [2.24, 2.45) is 5.84 Å². The van der Waals surface area contributed by atoms with Crippen LogP contribution in [0, 0.1) is 20.8 Å². The molecule has 0 aliphatic heterocycles. The van der Waals surface area contributed by atoms with Crippen LogP contribution in [-0.4, -0.2) is 7.11 Å². The molecule has 0 saturated carbocycles. The fraction of sp³-hybridized carbons (Fsp3) is 0.375. The summed E-state index contributed by atoms with van der Waals surface area (Å²) in [6, 6.07) is 5.52. The van der Waals surface area contributed by atoms with Gasteiger partial charge in [-0.15, -0.1) is 0 Å². The molecule has 114 valence electrons. The standard InChI is InChI=1S/C16H21ClN2O2/c1-9-10(2)21-11(3)16(9)14(19-18)8-12-7-13(17)5-6-15(12)20-4/h5-7,14,19H,8,18H2,1-4H3. The zero-order chi connectivity index (χ0) is 15.6. The molecule has 1 aromatic carbocycles. The predicted molar refractivity (Wildman–Crippen MR) is 84.7 cm³/mol. The number of halogens is 1. The zero-order valence-corrected chi connectivity index (χ0v) is 13.5. The van der Waals surface area contributed by atoms with E-state index in [2.05, 4.69) is 5.43 Å². The molecular formula is C16H21ClN2O2. The van der Waals surface area contributed by atoms with Crippen LogP contribution in [0.15, 0.2) is 22.6 Å². The molecule has 5 heteroatoms. The van der Waals surface area contributed by atoms with Crippen LogP contribution in [0.5, 0.6) is 5.75 Å². The molecule has 3 N–H and O–H groups in total. The topological polar surface area (TPSA) is 60.4 Å². The quantitative estimate of drug-likeness (QED) is 0.654. The van der Waals surface area contributed by atoms with Gasteiger partial charge in [-0.3, -0.25) is 11.3 Å². The van der Waals surface area contributed by atoms with Crippen molar-refractivity contribution >= 4 is 11.6 Å². The van der Waals surface area contributed by atoms with Gasteiger partial charge in [0.05, 0.1) is 13.2 Å². The molecule has 4 nitrogen and oxygen atoms in total. The van der Waals surface area contributed by atoms with Crippen LogP contribution in [0.25, 0.3) is 0 Å². The Labute approximate surface area is 130 Å². The molecule has 0 aliphatic carbocycles. The number of ether oxygens (including phenoxy) is 1. The Morgan fingerprint density at radius 2 is 2.00 bits per heavy atom. The van der Waals surface area contributed by atoms with Gasteiger partial charge in [-0.2, -0.15) is 0 Å². The Morgan fingerprint density at radius 1 is 1.29 bits per heavy atom. The molecule has 0 amide bonds. The molecule has 1 heterocycles. The summed E-state index contributed by atoms with van der Waals surface area (Å²) in [7, 11) is 1.65. The van der Waals surface area contributed by atoms with E-state index < -0.39 is 0 Å². The lowest BCUT2D eigenvalue weighted by molar-refractivity contribution is 0.405. The Morgan fingerprint density at radius 3 is 2.52 bits per heavy atom. The van der Waals surface area contributed by atoms with E-state index >= 15 is 0 Å². The normalized spacial score (nSPS) is 12.5. The highest BCUT2D eigenvalue weighted by Gasteiger charge is 2.21. The number of methoxy groups -OCH3 is 1. The van der Waals surface area contributed by atoms with Gasteiger partial charge < -0.3 is 9.15 Å². The van der Waals surface area contributed by atoms with Gasteiger partial charge >= 0.3 is 0 Å². The molecule has 0 radical (unpaired) electrons. The van der Waals surface area contributed by atoms with Crippen LogP contribution in [0.1, 0.15) is 34.3 Å². The minimum absolute atomic E-state index is 0.0604. The highest BCUT2D eigenvalue weighted by Crippen LogP contribution is 2.32. The summed E-state index contributed by atoms with van der Waals surface area (Å²) < 4.78 is 11.1. The van der Waals surface area contributed by atoms with Gasteiger partial charge in [-0.25, -0.2) is 0 Å². The van der Waals surface area contributed by atoms with Gasteiger partial charge in [0, 0.05) is 10.6 Å². The predicted octanol–water partition coefficient (Wildman–Crippen LogP) is 3.61. The largest absolute Gasteiger partial charge is 0.496 e. The number of hydrazine groups is 1. The smallest absolute Gasteiger partial charge is 0.122 e. The first-order valence-corrected chi connectivity index (χ1v) is 7.20. The van der Waals surface area contributed by atoms with Gasteiger partial charge in [0.25, 0.3) is 0 Å². The average molecular weight is 309 g/mol.